The smallest absolute Gasteiger partial charge is 0.312 e. The molecule has 1 aromatic rings. The summed E-state index contributed by atoms with van der Waals surface area (Å²) in [5, 5.41) is 2.74. The highest BCUT2D eigenvalue weighted by Gasteiger charge is 2.32. The van der Waals surface area contributed by atoms with Crippen LogP contribution < -0.4 is 10.1 Å². The third kappa shape index (κ3) is 4.21. The highest BCUT2D eigenvalue weighted by molar-refractivity contribution is 6.35. The molecule has 0 aromatic heterocycles. The van der Waals surface area contributed by atoms with Crippen LogP contribution in [0.2, 0.25) is 0 Å². The van der Waals surface area contributed by atoms with Gasteiger partial charge in [0.1, 0.15) is 12.3 Å². The van der Waals surface area contributed by atoms with E-state index in [1.165, 1.54) is 9.80 Å². The first-order chi connectivity index (χ1) is 11.0. The molecular formula is C16H21N3O4. The van der Waals surface area contributed by atoms with E-state index < -0.39 is 11.8 Å². The van der Waals surface area contributed by atoms with Gasteiger partial charge in [-0.25, -0.2) is 0 Å². The van der Waals surface area contributed by atoms with Crippen LogP contribution in [0.15, 0.2) is 24.3 Å². The van der Waals surface area contributed by atoms with E-state index in [2.05, 4.69) is 5.32 Å². The number of methoxy groups -OCH3 is 1. The molecule has 0 atom stereocenters. The number of nitrogens with zero attached hydrogens (tertiary/aromatic N) is 2. The van der Waals surface area contributed by atoms with Gasteiger partial charge in [-0.3, -0.25) is 14.4 Å². The molecule has 1 heterocycles. The number of piperazine rings is 1. The van der Waals surface area contributed by atoms with Crippen molar-refractivity contribution in [1.29, 1.82) is 0 Å². The van der Waals surface area contributed by atoms with Gasteiger partial charge >= 0.3 is 11.8 Å². The van der Waals surface area contributed by atoms with Crippen LogP contribution in [-0.2, 0) is 20.9 Å². The number of ether oxygens (including phenoxy) is 1. The predicted octanol–water partition coefficient (Wildman–Crippen LogP) is 0.00210. The minimum atomic E-state index is -0.616. The lowest BCUT2D eigenvalue weighted by molar-refractivity contribution is -0.156. The molecule has 124 valence electrons. The molecule has 1 aliphatic rings. The number of likely N-dealkylation sites (N-methyl/N-ethyl adjacent to an activating group) is 1. The van der Waals surface area contributed by atoms with Crippen LogP contribution in [0, 0.1) is 0 Å². The highest BCUT2D eigenvalue weighted by atomic mass is 16.5. The Balaban J connectivity index is 1.85. The molecule has 1 aliphatic heterocycles. The van der Waals surface area contributed by atoms with E-state index in [1.54, 1.807) is 7.11 Å². The minimum absolute atomic E-state index is 0.105. The molecule has 1 saturated heterocycles. The van der Waals surface area contributed by atoms with E-state index in [9.17, 15) is 14.4 Å². The van der Waals surface area contributed by atoms with Crippen molar-refractivity contribution in [2.45, 2.75) is 13.5 Å². The summed E-state index contributed by atoms with van der Waals surface area (Å²) in [6, 6.07) is 7.36. The van der Waals surface area contributed by atoms with Gasteiger partial charge < -0.3 is 19.9 Å². The summed E-state index contributed by atoms with van der Waals surface area (Å²) in [6.45, 7) is 3.40. The summed E-state index contributed by atoms with van der Waals surface area (Å²) in [5.41, 5.74) is 0.899. The van der Waals surface area contributed by atoms with E-state index >= 15 is 0 Å². The number of hydrogen-bond donors (Lipinski definition) is 1. The van der Waals surface area contributed by atoms with Crippen molar-refractivity contribution in [3.63, 3.8) is 0 Å². The maximum absolute atomic E-state index is 12.0. The second kappa shape index (κ2) is 7.62. The molecule has 1 aromatic carbocycles. The van der Waals surface area contributed by atoms with Gasteiger partial charge in [0.05, 0.1) is 7.11 Å². The van der Waals surface area contributed by atoms with Crippen LogP contribution in [0.4, 0.5) is 0 Å². The van der Waals surface area contributed by atoms with Gasteiger partial charge in [-0.1, -0.05) is 12.1 Å². The Kier molecular flexibility index (Phi) is 5.56. The summed E-state index contributed by atoms with van der Waals surface area (Å²) in [5.74, 6) is -0.735. The second-order valence-electron chi connectivity index (χ2n) is 5.24. The fourth-order valence-corrected chi connectivity index (χ4v) is 2.38. The zero-order chi connectivity index (χ0) is 16.8. The van der Waals surface area contributed by atoms with Crippen LogP contribution in [0.1, 0.15) is 12.5 Å². The highest BCUT2D eigenvalue weighted by Crippen LogP contribution is 2.12. The quantitative estimate of drug-likeness (QED) is 0.749. The van der Waals surface area contributed by atoms with Crippen molar-refractivity contribution in [2.75, 3.05) is 33.3 Å². The Morgan fingerprint density at radius 1 is 1.22 bits per heavy atom. The van der Waals surface area contributed by atoms with E-state index in [1.807, 2.05) is 31.2 Å². The lowest BCUT2D eigenvalue weighted by atomic mass is 10.2. The standard InChI is InChI=1S/C16H21N3O4/c1-3-18-7-8-19(16(22)15(18)21)11-14(20)17-10-12-5-4-6-13(9-12)23-2/h4-6,9H,3,7-8,10-11H2,1-2H3,(H,17,20). The summed E-state index contributed by atoms with van der Waals surface area (Å²) >= 11 is 0. The van der Waals surface area contributed by atoms with Gasteiger partial charge in [-0.05, 0) is 24.6 Å². The number of benzene rings is 1. The summed E-state index contributed by atoms with van der Waals surface area (Å²) in [6.07, 6.45) is 0. The van der Waals surface area contributed by atoms with Gasteiger partial charge in [-0.2, -0.15) is 0 Å². The maximum Gasteiger partial charge on any atom is 0.312 e. The van der Waals surface area contributed by atoms with Crippen molar-refractivity contribution in [3.05, 3.63) is 29.8 Å². The molecule has 23 heavy (non-hydrogen) atoms. The number of nitrogens with one attached hydrogen (secondary N) is 1. The average molecular weight is 319 g/mol. The van der Waals surface area contributed by atoms with Crippen LogP contribution in [0.5, 0.6) is 5.75 Å². The van der Waals surface area contributed by atoms with Gasteiger partial charge in [0.15, 0.2) is 0 Å². The van der Waals surface area contributed by atoms with E-state index in [4.69, 9.17) is 4.74 Å². The lowest BCUT2D eigenvalue weighted by Crippen LogP contribution is -2.56. The van der Waals surface area contributed by atoms with Crippen LogP contribution in [-0.4, -0.2) is 60.8 Å². The van der Waals surface area contributed by atoms with Crippen molar-refractivity contribution in [1.82, 2.24) is 15.1 Å². The first-order valence-electron chi connectivity index (χ1n) is 7.53. The van der Waals surface area contributed by atoms with E-state index in [0.717, 1.165) is 5.56 Å². The second-order valence-corrected chi connectivity index (χ2v) is 5.24. The average Bonchev–Trinajstić information content (AvgIpc) is 2.57. The number of carbonyl (C=O) groups is 3. The van der Waals surface area contributed by atoms with Crippen molar-refractivity contribution in [2.24, 2.45) is 0 Å². The number of hydrogen-bond acceptors (Lipinski definition) is 4. The molecule has 0 radical (unpaired) electrons. The molecule has 0 spiro atoms. The number of rotatable bonds is 6. The zero-order valence-corrected chi connectivity index (χ0v) is 13.4. The molecule has 1 N–H and O–H groups in total. The fourth-order valence-electron chi connectivity index (χ4n) is 2.38. The summed E-state index contributed by atoms with van der Waals surface area (Å²) in [4.78, 5) is 38.5. The number of amides is 3. The van der Waals surface area contributed by atoms with Crippen molar-refractivity contribution in [3.8, 4) is 5.75 Å². The Morgan fingerprint density at radius 3 is 2.61 bits per heavy atom. The number of carbonyl (C=O) groups excluding carboxylic acids is 3. The van der Waals surface area contributed by atoms with Crippen molar-refractivity contribution >= 4 is 17.7 Å². The Hall–Kier alpha value is -2.57. The van der Waals surface area contributed by atoms with Gasteiger partial charge in [0, 0.05) is 26.2 Å². The third-order valence-corrected chi connectivity index (χ3v) is 3.74. The Bertz CT molecular complexity index is 603. The first-order valence-corrected chi connectivity index (χ1v) is 7.53. The minimum Gasteiger partial charge on any atom is -0.497 e. The van der Waals surface area contributed by atoms with Crippen LogP contribution >= 0.6 is 0 Å². The topological polar surface area (TPSA) is 79.0 Å². The largest absolute Gasteiger partial charge is 0.497 e. The van der Waals surface area contributed by atoms with E-state index in [0.29, 0.717) is 31.9 Å². The Labute approximate surface area is 135 Å². The van der Waals surface area contributed by atoms with Gasteiger partial charge in [0.2, 0.25) is 5.91 Å². The van der Waals surface area contributed by atoms with Crippen molar-refractivity contribution < 1.29 is 19.1 Å². The van der Waals surface area contributed by atoms with Crippen LogP contribution in [0.25, 0.3) is 0 Å². The molecular weight excluding hydrogens is 298 g/mol. The molecule has 2 rings (SSSR count). The molecule has 1 fully saturated rings. The monoisotopic (exact) mass is 319 g/mol. The normalized spacial score (nSPS) is 14.9. The molecule has 7 heteroatoms. The SMILES string of the molecule is CCN1CCN(CC(=O)NCc2cccc(OC)c2)C(=O)C1=O. The molecule has 7 nitrogen and oxygen atoms in total. The Morgan fingerprint density at radius 2 is 1.91 bits per heavy atom. The molecule has 0 bridgehead atoms. The molecule has 0 unspecified atom stereocenters. The van der Waals surface area contributed by atoms with E-state index in [-0.39, 0.29) is 12.5 Å². The third-order valence-electron chi connectivity index (χ3n) is 3.74. The molecule has 0 saturated carbocycles. The summed E-state index contributed by atoms with van der Waals surface area (Å²) < 4.78 is 5.12. The van der Waals surface area contributed by atoms with Gasteiger partial charge in [0.25, 0.3) is 0 Å². The first kappa shape index (κ1) is 16.8. The fraction of sp³-hybridized carbons (Fsp3) is 0.438. The maximum atomic E-state index is 12.0. The van der Waals surface area contributed by atoms with Gasteiger partial charge in [-0.15, -0.1) is 0 Å². The molecule has 3 amide bonds. The summed E-state index contributed by atoms with van der Waals surface area (Å²) in [7, 11) is 1.58. The lowest BCUT2D eigenvalue weighted by Gasteiger charge is -2.32. The molecule has 0 aliphatic carbocycles. The predicted molar refractivity (Wildman–Crippen MR) is 83.7 cm³/mol. The zero-order valence-electron chi connectivity index (χ0n) is 13.4. The van der Waals surface area contributed by atoms with Crippen LogP contribution in [0.3, 0.4) is 0 Å².